The van der Waals surface area contributed by atoms with E-state index in [4.69, 9.17) is 24.2 Å². The highest BCUT2D eigenvalue weighted by Gasteiger charge is 2.22. The third kappa shape index (κ3) is 6.86. The first-order valence-corrected chi connectivity index (χ1v) is 16.5. The maximum absolute atomic E-state index is 6.13. The number of anilines is 3. The molecule has 0 atom stereocenters. The molecule has 1 aliphatic heterocycles. The van der Waals surface area contributed by atoms with E-state index in [0.717, 1.165) is 71.2 Å². The van der Waals surface area contributed by atoms with Gasteiger partial charge in [-0.1, -0.05) is 36.4 Å². The number of nitrogens with zero attached hydrogens (tertiary/aromatic N) is 6. The van der Waals surface area contributed by atoms with Crippen molar-refractivity contribution in [3.8, 4) is 39.9 Å². The number of imidazole rings is 1. The molecular weight excluding hydrogens is 614 g/mol. The molecule has 3 aromatic carbocycles. The summed E-state index contributed by atoms with van der Waals surface area (Å²) in [6, 6.07) is 30.7. The summed E-state index contributed by atoms with van der Waals surface area (Å²) >= 11 is 0. The Morgan fingerprint density at radius 1 is 0.816 bits per heavy atom. The minimum atomic E-state index is 0.440. The quantitative estimate of drug-likeness (QED) is 0.154. The van der Waals surface area contributed by atoms with Crippen molar-refractivity contribution in [1.29, 1.82) is 0 Å². The van der Waals surface area contributed by atoms with Gasteiger partial charge in [0.05, 0.1) is 37.0 Å². The number of rotatable bonds is 11. The van der Waals surface area contributed by atoms with E-state index in [1.165, 1.54) is 0 Å². The molecule has 0 radical (unpaired) electrons. The van der Waals surface area contributed by atoms with Crippen LogP contribution >= 0.6 is 0 Å². The highest BCUT2D eigenvalue weighted by molar-refractivity contribution is 5.82. The van der Waals surface area contributed by atoms with Crippen LogP contribution < -0.4 is 24.4 Å². The highest BCUT2D eigenvalue weighted by Crippen LogP contribution is 2.38. The van der Waals surface area contributed by atoms with E-state index in [9.17, 15) is 0 Å². The molecule has 10 nitrogen and oxygen atoms in total. The molecule has 0 saturated carbocycles. The molecule has 1 saturated heterocycles. The summed E-state index contributed by atoms with van der Waals surface area (Å²) in [5, 5.41) is 3.40. The maximum Gasteiger partial charge on any atom is 0.227 e. The van der Waals surface area contributed by atoms with Crippen molar-refractivity contribution in [1.82, 2.24) is 24.3 Å². The Kier molecular flexibility index (Phi) is 9.29. The first-order chi connectivity index (χ1) is 24.0. The van der Waals surface area contributed by atoms with Gasteiger partial charge >= 0.3 is 0 Å². The van der Waals surface area contributed by atoms with Crippen LogP contribution in [-0.2, 0) is 6.61 Å². The lowest BCUT2D eigenvalue weighted by atomic mass is 10.0. The molecule has 7 rings (SSSR count). The van der Waals surface area contributed by atoms with Gasteiger partial charge in [-0.3, -0.25) is 4.40 Å². The fraction of sp³-hybridized carbons (Fsp3) is 0.256. The number of piperidine rings is 1. The Labute approximate surface area is 286 Å². The van der Waals surface area contributed by atoms with Crippen LogP contribution in [0.15, 0.2) is 103 Å². The van der Waals surface area contributed by atoms with Gasteiger partial charge in [-0.2, -0.15) is 0 Å². The van der Waals surface area contributed by atoms with Crippen LogP contribution in [0.1, 0.15) is 18.4 Å². The average Bonchev–Trinajstić information content (AvgIpc) is 3.54. The molecule has 0 amide bonds. The first-order valence-electron chi connectivity index (χ1n) is 16.5. The molecule has 1 N–H and O–H groups in total. The second-order valence-electron chi connectivity index (χ2n) is 12.3. The van der Waals surface area contributed by atoms with Gasteiger partial charge in [0.2, 0.25) is 5.95 Å². The smallest absolute Gasteiger partial charge is 0.227 e. The van der Waals surface area contributed by atoms with Crippen LogP contribution in [0.3, 0.4) is 0 Å². The first kappa shape index (κ1) is 32.0. The summed E-state index contributed by atoms with van der Waals surface area (Å²) in [6.07, 6.45) is 6.03. The minimum Gasteiger partial charge on any atom is -0.494 e. The summed E-state index contributed by atoms with van der Waals surface area (Å²) in [5.74, 6) is 2.47. The average molecular weight is 656 g/mol. The number of pyridine rings is 1. The van der Waals surface area contributed by atoms with Gasteiger partial charge in [0.15, 0.2) is 11.5 Å². The maximum atomic E-state index is 6.13. The number of hydrogen-bond acceptors (Lipinski definition) is 9. The fourth-order valence-corrected chi connectivity index (χ4v) is 6.40. The van der Waals surface area contributed by atoms with Gasteiger partial charge in [0.1, 0.15) is 18.0 Å². The van der Waals surface area contributed by atoms with Crippen molar-refractivity contribution in [2.24, 2.45) is 0 Å². The number of nitrogens with one attached hydrogen (secondary N) is 1. The molecule has 10 heteroatoms. The van der Waals surface area contributed by atoms with Crippen LogP contribution in [0, 0.1) is 0 Å². The zero-order chi connectivity index (χ0) is 33.7. The SMILES string of the molecule is COc1cc(N2CCC(N(C)C)CC2)ccc1Nc1nccc(-c2c(-c3ccc(OCc4ccccc4)c(OC)c3)nc3ccccn23)n1. The Bertz CT molecular complexity index is 2040. The van der Waals surface area contributed by atoms with Gasteiger partial charge in [-0.05, 0) is 81.0 Å². The predicted molar refractivity (Wildman–Crippen MR) is 194 cm³/mol. The van der Waals surface area contributed by atoms with Gasteiger partial charge in [0, 0.05) is 48.8 Å². The zero-order valence-electron chi connectivity index (χ0n) is 28.3. The van der Waals surface area contributed by atoms with Gasteiger partial charge in [-0.15, -0.1) is 0 Å². The number of aromatic nitrogens is 4. The Hall–Kier alpha value is -5.61. The Morgan fingerprint density at radius 3 is 2.39 bits per heavy atom. The van der Waals surface area contributed by atoms with Gasteiger partial charge in [0.25, 0.3) is 0 Å². The Balaban J connectivity index is 1.17. The predicted octanol–water partition coefficient (Wildman–Crippen LogP) is 7.33. The van der Waals surface area contributed by atoms with Gasteiger partial charge < -0.3 is 29.3 Å². The van der Waals surface area contributed by atoms with E-state index in [1.54, 1.807) is 20.4 Å². The van der Waals surface area contributed by atoms with E-state index in [2.05, 4.69) is 46.3 Å². The normalized spacial score (nSPS) is 13.5. The van der Waals surface area contributed by atoms with Crippen molar-refractivity contribution >= 4 is 23.0 Å². The van der Waals surface area contributed by atoms with E-state index in [-0.39, 0.29) is 0 Å². The van der Waals surface area contributed by atoms with Crippen molar-refractivity contribution < 1.29 is 14.2 Å². The second-order valence-corrected chi connectivity index (χ2v) is 12.3. The summed E-state index contributed by atoms with van der Waals surface area (Å²) < 4.78 is 19.8. The molecule has 1 fully saturated rings. The van der Waals surface area contributed by atoms with Crippen molar-refractivity contribution in [3.63, 3.8) is 0 Å². The van der Waals surface area contributed by atoms with E-state index in [1.807, 2.05) is 89.5 Å². The van der Waals surface area contributed by atoms with Crippen LogP contribution in [0.25, 0.3) is 28.3 Å². The highest BCUT2D eigenvalue weighted by atomic mass is 16.5. The molecule has 49 heavy (non-hydrogen) atoms. The fourth-order valence-electron chi connectivity index (χ4n) is 6.40. The van der Waals surface area contributed by atoms with Crippen molar-refractivity contribution in [2.45, 2.75) is 25.5 Å². The standard InChI is InChI=1S/C39H41N7O3/c1-44(2)29-18-22-45(23-19-29)30-14-15-31(34(25-30)47-3)41-39-40-20-17-32(42-39)38-37(43-36-12-8-9-21-46(36)38)28-13-16-33(35(24-28)48-4)49-26-27-10-6-5-7-11-27/h5-17,20-21,24-25,29H,18-19,22-23,26H2,1-4H3,(H,40,41,42). The zero-order valence-corrected chi connectivity index (χ0v) is 28.3. The molecule has 0 unspecified atom stereocenters. The molecule has 250 valence electrons. The minimum absolute atomic E-state index is 0.440. The van der Waals surface area contributed by atoms with Crippen molar-refractivity contribution in [2.75, 3.05) is 51.6 Å². The number of ether oxygens (including phenoxy) is 3. The van der Waals surface area contributed by atoms with E-state index in [0.29, 0.717) is 35.8 Å². The number of fused-ring (bicyclic) bond motifs is 1. The summed E-state index contributed by atoms with van der Waals surface area (Å²) in [4.78, 5) is 19.3. The molecule has 0 aliphatic carbocycles. The van der Waals surface area contributed by atoms with Gasteiger partial charge in [-0.25, -0.2) is 15.0 Å². The summed E-state index contributed by atoms with van der Waals surface area (Å²) in [7, 11) is 7.66. The number of benzene rings is 3. The van der Waals surface area contributed by atoms with Crippen LogP contribution in [-0.4, -0.2) is 71.7 Å². The topological polar surface area (TPSA) is 89.3 Å². The summed E-state index contributed by atoms with van der Waals surface area (Å²) in [6.45, 7) is 2.47. The summed E-state index contributed by atoms with van der Waals surface area (Å²) in [5.41, 5.74) is 7.02. The molecular formula is C39H41N7O3. The number of hydrogen-bond donors (Lipinski definition) is 1. The number of methoxy groups -OCH3 is 2. The van der Waals surface area contributed by atoms with Crippen LogP contribution in [0.4, 0.5) is 17.3 Å². The third-order valence-electron chi connectivity index (χ3n) is 9.09. The molecule has 6 aromatic rings. The van der Waals surface area contributed by atoms with E-state index >= 15 is 0 Å². The second kappa shape index (κ2) is 14.2. The lowest BCUT2D eigenvalue weighted by Crippen LogP contribution is -2.41. The molecule has 1 aliphatic rings. The lowest BCUT2D eigenvalue weighted by molar-refractivity contribution is 0.249. The largest absolute Gasteiger partial charge is 0.494 e. The monoisotopic (exact) mass is 655 g/mol. The molecule has 0 bridgehead atoms. The van der Waals surface area contributed by atoms with Crippen LogP contribution in [0.2, 0.25) is 0 Å². The van der Waals surface area contributed by atoms with Crippen LogP contribution in [0.5, 0.6) is 17.2 Å². The van der Waals surface area contributed by atoms with Crippen molar-refractivity contribution in [3.05, 3.63) is 109 Å². The third-order valence-corrected chi connectivity index (χ3v) is 9.09. The lowest BCUT2D eigenvalue weighted by Gasteiger charge is -2.36. The molecule has 4 heterocycles. The van der Waals surface area contributed by atoms with E-state index < -0.39 is 0 Å². The molecule has 0 spiro atoms. The molecule has 3 aromatic heterocycles. The Morgan fingerprint density at radius 2 is 1.61 bits per heavy atom.